The molecule has 7 nitrogen and oxygen atoms in total. The van der Waals surface area contributed by atoms with Gasteiger partial charge >= 0.3 is 0 Å². The number of nitrogens with one attached hydrogen (secondary N) is 2. The maximum atomic E-state index is 4.29. The second-order valence-electron chi connectivity index (χ2n) is 6.30. The van der Waals surface area contributed by atoms with Gasteiger partial charge in [-0.3, -0.25) is 4.99 Å². The minimum atomic E-state index is 0.746. The molecule has 0 unspecified atom stereocenters. The summed E-state index contributed by atoms with van der Waals surface area (Å²) in [6, 6.07) is 8.68. The van der Waals surface area contributed by atoms with Crippen molar-refractivity contribution in [2.24, 2.45) is 4.99 Å². The maximum absolute atomic E-state index is 4.29. The first-order chi connectivity index (χ1) is 12.7. The molecule has 2 N–H and O–H groups in total. The zero-order valence-electron chi connectivity index (χ0n) is 16.4. The topological polar surface area (TPSA) is 70.4 Å². The van der Waals surface area contributed by atoms with Gasteiger partial charge in [0.25, 0.3) is 0 Å². The molecule has 0 aliphatic heterocycles. The highest BCUT2D eigenvalue weighted by Crippen LogP contribution is 2.07. The van der Waals surface area contributed by atoms with Gasteiger partial charge in [-0.15, -0.1) is 10.2 Å². The number of hydrogen-bond acceptors (Lipinski definition) is 4. The van der Waals surface area contributed by atoms with Crippen molar-refractivity contribution in [1.29, 1.82) is 0 Å². The molecule has 1 aromatic heterocycles. The summed E-state index contributed by atoms with van der Waals surface area (Å²) in [7, 11) is 3.93. The number of aromatic nitrogens is 3. The van der Waals surface area contributed by atoms with Crippen molar-refractivity contribution in [1.82, 2.24) is 30.3 Å². The first kappa shape index (κ1) is 19.9. The molecule has 0 saturated carbocycles. The van der Waals surface area contributed by atoms with Crippen molar-refractivity contribution in [2.75, 3.05) is 27.2 Å². The van der Waals surface area contributed by atoms with Gasteiger partial charge in [0.15, 0.2) is 5.96 Å². The average Bonchev–Trinajstić information content (AvgIpc) is 3.12. The summed E-state index contributed by atoms with van der Waals surface area (Å²) < 4.78 is 2.06. The van der Waals surface area contributed by atoms with E-state index >= 15 is 0 Å². The predicted octanol–water partition coefficient (Wildman–Crippen LogP) is 1.66. The third-order valence-electron chi connectivity index (χ3n) is 4.32. The molecule has 26 heavy (non-hydrogen) atoms. The van der Waals surface area contributed by atoms with Crippen LogP contribution in [0.25, 0.3) is 0 Å². The fraction of sp³-hybridized carbons (Fsp3) is 0.526. The van der Waals surface area contributed by atoms with Crippen LogP contribution in [0.15, 0.2) is 35.6 Å². The molecular formula is C19H31N7. The zero-order chi connectivity index (χ0) is 18.8. The Hall–Kier alpha value is -2.41. The van der Waals surface area contributed by atoms with Crippen LogP contribution in [0.5, 0.6) is 0 Å². The quantitative estimate of drug-likeness (QED) is 0.528. The van der Waals surface area contributed by atoms with E-state index in [4.69, 9.17) is 0 Å². The number of guanidine groups is 1. The van der Waals surface area contributed by atoms with Crippen molar-refractivity contribution in [3.05, 3.63) is 47.5 Å². The first-order valence-electron chi connectivity index (χ1n) is 9.23. The van der Waals surface area contributed by atoms with E-state index in [1.807, 2.05) is 0 Å². The molecule has 0 atom stereocenters. The van der Waals surface area contributed by atoms with Gasteiger partial charge in [-0.05, 0) is 24.7 Å². The lowest BCUT2D eigenvalue weighted by molar-refractivity contribution is 0.345. The van der Waals surface area contributed by atoms with Gasteiger partial charge in [0.1, 0.15) is 12.2 Å². The molecule has 7 heteroatoms. The molecule has 0 amide bonds. The van der Waals surface area contributed by atoms with Crippen LogP contribution in [0.3, 0.4) is 0 Å². The van der Waals surface area contributed by atoms with E-state index in [1.165, 1.54) is 11.1 Å². The standard InChI is InChI=1S/C19H31N7/c1-5-18-24-23-15-26(18)11-10-21-19(20-3)22-13-16-8-7-9-17(12-16)14-25(4)6-2/h7-9,12,15H,5-6,10-11,13-14H2,1-4H3,(H2,20,21,22). The van der Waals surface area contributed by atoms with E-state index in [0.29, 0.717) is 0 Å². The normalized spacial score (nSPS) is 11.8. The van der Waals surface area contributed by atoms with Crippen LogP contribution in [0.4, 0.5) is 0 Å². The summed E-state index contributed by atoms with van der Waals surface area (Å²) in [6.07, 6.45) is 2.66. The summed E-state index contributed by atoms with van der Waals surface area (Å²) in [6.45, 7) is 8.60. The van der Waals surface area contributed by atoms with Crippen molar-refractivity contribution < 1.29 is 0 Å². The molecule has 0 aliphatic rings. The Labute approximate surface area is 156 Å². The van der Waals surface area contributed by atoms with Crippen LogP contribution < -0.4 is 10.6 Å². The molecule has 1 aromatic carbocycles. The van der Waals surface area contributed by atoms with Crippen LogP contribution in [0, 0.1) is 0 Å². The van der Waals surface area contributed by atoms with Gasteiger partial charge in [0.05, 0.1) is 0 Å². The highest BCUT2D eigenvalue weighted by Gasteiger charge is 2.03. The molecule has 0 aliphatic carbocycles. The van der Waals surface area contributed by atoms with E-state index in [9.17, 15) is 0 Å². The van der Waals surface area contributed by atoms with Gasteiger partial charge in [0, 0.05) is 39.6 Å². The zero-order valence-corrected chi connectivity index (χ0v) is 16.4. The van der Waals surface area contributed by atoms with Gasteiger partial charge < -0.3 is 20.1 Å². The summed E-state index contributed by atoms with van der Waals surface area (Å²) in [5.74, 6) is 1.80. The third-order valence-corrected chi connectivity index (χ3v) is 4.32. The molecular weight excluding hydrogens is 326 g/mol. The lowest BCUT2D eigenvalue weighted by Gasteiger charge is -2.15. The van der Waals surface area contributed by atoms with E-state index in [1.54, 1.807) is 13.4 Å². The van der Waals surface area contributed by atoms with E-state index in [0.717, 1.165) is 50.9 Å². The number of nitrogens with zero attached hydrogens (tertiary/aromatic N) is 5. The number of aryl methyl sites for hydroxylation is 1. The van der Waals surface area contributed by atoms with E-state index in [2.05, 4.69) is 80.5 Å². The Balaban J connectivity index is 1.80. The van der Waals surface area contributed by atoms with Gasteiger partial charge in [0.2, 0.25) is 0 Å². The molecule has 0 spiro atoms. The molecule has 0 radical (unpaired) electrons. The predicted molar refractivity (Wildman–Crippen MR) is 106 cm³/mol. The van der Waals surface area contributed by atoms with Gasteiger partial charge in [-0.1, -0.05) is 38.1 Å². The van der Waals surface area contributed by atoms with Crippen molar-refractivity contribution in [3.8, 4) is 0 Å². The molecule has 142 valence electrons. The summed E-state index contributed by atoms with van der Waals surface area (Å²) in [5.41, 5.74) is 2.58. The Morgan fingerprint density at radius 1 is 1.23 bits per heavy atom. The van der Waals surface area contributed by atoms with Crippen molar-refractivity contribution >= 4 is 5.96 Å². The summed E-state index contributed by atoms with van der Waals surface area (Å²) in [4.78, 5) is 6.59. The molecule has 0 saturated heterocycles. The smallest absolute Gasteiger partial charge is 0.191 e. The molecule has 1 heterocycles. The lowest BCUT2D eigenvalue weighted by atomic mass is 10.1. The summed E-state index contributed by atoms with van der Waals surface area (Å²) >= 11 is 0. The molecule has 0 fully saturated rings. The molecule has 2 aromatic rings. The van der Waals surface area contributed by atoms with Crippen LogP contribution in [0.2, 0.25) is 0 Å². The highest BCUT2D eigenvalue weighted by molar-refractivity contribution is 5.79. The minimum absolute atomic E-state index is 0.746. The number of rotatable bonds is 9. The SMILES string of the molecule is CCc1nncn1CCNC(=NC)NCc1cccc(CN(C)CC)c1. The van der Waals surface area contributed by atoms with Crippen molar-refractivity contribution in [2.45, 2.75) is 39.9 Å². The van der Waals surface area contributed by atoms with E-state index < -0.39 is 0 Å². The van der Waals surface area contributed by atoms with Crippen LogP contribution in [0.1, 0.15) is 30.8 Å². The highest BCUT2D eigenvalue weighted by atomic mass is 15.3. The average molecular weight is 358 g/mol. The lowest BCUT2D eigenvalue weighted by Crippen LogP contribution is -2.38. The van der Waals surface area contributed by atoms with Gasteiger partial charge in [-0.2, -0.15) is 0 Å². The largest absolute Gasteiger partial charge is 0.355 e. The Kier molecular flexibility index (Phi) is 8.08. The number of benzene rings is 1. The Bertz CT molecular complexity index is 693. The Morgan fingerprint density at radius 2 is 2.04 bits per heavy atom. The van der Waals surface area contributed by atoms with Crippen LogP contribution in [-0.2, 0) is 26.1 Å². The fourth-order valence-corrected chi connectivity index (χ4v) is 2.70. The molecule has 0 bridgehead atoms. The number of aliphatic imine (C=N–C) groups is 1. The first-order valence-corrected chi connectivity index (χ1v) is 9.23. The van der Waals surface area contributed by atoms with Crippen LogP contribution in [-0.4, -0.2) is 52.8 Å². The van der Waals surface area contributed by atoms with E-state index in [-0.39, 0.29) is 0 Å². The monoisotopic (exact) mass is 357 g/mol. The second kappa shape index (κ2) is 10.6. The van der Waals surface area contributed by atoms with Crippen molar-refractivity contribution in [3.63, 3.8) is 0 Å². The second-order valence-corrected chi connectivity index (χ2v) is 6.30. The van der Waals surface area contributed by atoms with Crippen LogP contribution >= 0.6 is 0 Å². The maximum Gasteiger partial charge on any atom is 0.191 e. The number of hydrogen-bond donors (Lipinski definition) is 2. The van der Waals surface area contributed by atoms with Gasteiger partial charge in [-0.25, -0.2) is 0 Å². The summed E-state index contributed by atoms with van der Waals surface area (Å²) in [5, 5.41) is 14.8. The fourth-order valence-electron chi connectivity index (χ4n) is 2.70. The third kappa shape index (κ3) is 6.15. The molecule has 2 rings (SSSR count). The minimum Gasteiger partial charge on any atom is -0.355 e. The Morgan fingerprint density at radius 3 is 2.77 bits per heavy atom.